The van der Waals surface area contributed by atoms with Gasteiger partial charge in [0.2, 0.25) is 11.8 Å². The Morgan fingerprint density at radius 3 is 2.58 bits per heavy atom. The molecule has 0 atom stereocenters. The number of ether oxygens (including phenoxy) is 2. The number of amides is 1. The second kappa shape index (κ2) is 10.2. The normalized spacial score (nSPS) is 20.6. The zero-order valence-corrected chi connectivity index (χ0v) is 19.9. The van der Waals surface area contributed by atoms with Crippen LogP contribution >= 0.6 is 0 Å². The molecule has 1 amide bonds. The van der Waals surface area contributed by atoms with Crippen LogP contribution in [0.25, 0.3) is 16.9 Å². The first-order valence-corrected chi connectivity index (χ1v) is 12.0. The van der Waals surface area contributed by atoms with E-state index in [1.54, 1.807) is 12.1 Å². The molecule has 1 saturated carbocycles. The summed E-state index contributed by atoms with van der Waals surface area (Å²) in [4.78, 5) is 26.3. The van der Waals surface area contributed by atoms with Crippen LogP contribution in [-0.4, -0.2) is 69.2 Å². The van der Waals surface area contributed by atoms with Gasteiger partial charge in [0.25, 0.3) is 6.43 Å². The first-order chi connectivity index (χ1) is 17.4. The third-order valence-electron chi connectivity index (χ3n) is 6.52. The smallest absolute Gasteiger partial charge is 0.404 e. The predicted molar refractivity (Wildman–Crippen MR) is 127 cm³/mol. The zero-order valence-electron chi connectivity index (χ0n) is 19.9. The number of morpholine rings is 1. The molecule has 2 fully saturated rings. The van der Waals surface area contributed by atoms with Gasteiger partial charge in [0.05, 0.1) is 24.2 Å². The number of rotatable bonds is 6. The maximum Gasteiger partial charge on any atom is 0.404 e. The number of nitrogens with one attached hydrogen (secondary N) is 1. The first kappa shape index (κ1) is 24.2. The number of aryl methyl sites for hydroxylation is 1. The highest BCUT2D eigenvalue weighted by Gasteiger charge is 2.27. The van der Waals surface area contributed by atoms with E-state index in [9.17, 15) is 13.6 Å². The Kier molecular flexibility index (Phi) is 6.86. The molecule has 36 heavy (non-hydrogen) atoms. The monoisotopic (exact) mass is 502 g/mol. The zero-order chi connectivity index (χ0) is 25.2. The summed E-state index contributed by atoms with van der Waals surface area (Å²) in [6, 6.07) is 6.82. The van der Waals surface area contributed by atoms with E-state index in [1.165, 1.54) is 4.57 Å². The Labute approximate surface area is 206 Å². The number of halogens is 2. The fourth-order valence-corrected chi connectivity index (χ4v) is 4.74. The standard InChI is InChI=1S/C24H28F2N6O4/c1-14-2-7-17-18(12-14)32(22(28-17)21(25)26)19-13-20(30-23(29-19)31-8-10-35-11-9-31)36-16-5-3-15(4-6-16)27-24(33)34/h2,7,12-13,15-16,21,27H,3-6,8-11H2,1H3,(H,33,34). The fraction of sp³-hybridized carbons (Fsp3) is 0.500. The number of alkyl halides is 2. The molecule has 0 bridgehead atoms. The molecule has 3 heterocycles. The van der Waals surface area contributed by atoms with Gasteiger partial charge in [-0.2, -0.15) is 9.97 Å². The third-order valence-corrected chi connectivity index (χ3v) is 6.52. The van der Waals surface area contributed by atoms with Crippen molar-refractivity contribution in [2.75, 3.05) is 31.2 Å². The van der Waals surface area contributed by atoms with Crippen molar-refractivity contribution in [1.29, 1.82) is 0 Å². The van der Waals surface area contributed by atoms with E-state index in [4.69, 9.17) is 14.6 Å². The summed E-state index contributed by atoms with van der Waals surface area (Å²) in [5.74, 6) is 0.521. The Hall–Kier alpha value is -3.54. The predicted octanol–water partition coefficient (Wildman–Crippen LogP) is 3.86. The highest BCUT2D eigenvalue weighted by Crippen LogP contribution is 2.31. The number of imidazole rings is 1. The van der Waals surface area contributed by atoms with Crippen molar-refractivity contribution in [2.45, 2.75) is 51.2 Å². The molecule has 3 aromatic rings. The Morgan fingerprint density at radius 2 is 1.89 bits per heavy atom. The lowest BCUT2D eigenvalue weighted by atomic mass is 9.93. The third kappa shape index (κ3) is 5.18. The van der Waals surface area contributed by atoms with Crippen molar-refractivity contribution in [3.05, 3.63) is 35.7 Å². The molecule has 192 valence electrons. The van der Waals surface area contributed by atoms with Gasteiger partial charge in [-0.25, -0.2) is 18.6 Å². The lowest BCUT2D eigenvalue weighted by Gasteiger charge is -2.30. The second-order valence-electron chi connectivity index (χ2n) is 9.10. The van der Waals surface area contributed by atoms with Gasteiger partial charge >= 0.3 is 6.09 Å². The van der Waals surface area contributed by atoms with E-state index < -0.39 is 18.3 Å². The first-order valence-electron chi connectivity index (χ1n) is 12.0. The molecule has 5 rings (SSSR count). The van der Waals surface area contributed by atoms with Gasteiger partial charge in [0.15, 0.2) is 5.82 Å². The van der Waals surface area contributed by atoms with E-state index in [-0.39, 0.29) is 23.8 Å². The number of hydrogen-bond donors (Lipinski definition) is 2. The van der Waals surface area contributed by atoms with Gasteiger partial charge in [-0.1, -0.05) is 6.07 Å². The molecule has 12 heteroatoms. The number of aromatic nitrogens is 4. The molecule has 2 N–H and O–H groups in total. The molecule has 10 nitrogen and oxygen atoms in total. The molecular weight excluding hydrogens is 474 g/mol. The minimum atomic E-state index is -2.80. The minimum absolute atomic E-state index is 0.110. The van der Waals surface area contributed by atoms with E-state index >= 15 is 0 Å². The van der Waals surface area contributed by atoms with Gasteiger partial charge in [-0.05, 0) is 50.3 Å². The fourth-order valence-electron chi connectivity index (χ4n) is 4.74. The highest BCUT2D eigenvalue weighted by atomic mass is 19.3. The number of nitrogens with zero attached hydrogens (tertiary/aromatic N) is 5. The molecule has 0 unspecified atom stereocenters. The van der Waals surface area contributed by atoms with Crippen LogP contribution in [0, 0.1) is 6.92 Å². The molecule has 0 spiro atoms. The maximum absolute atomic E-state index is 14.1. The van der Waals surface area contributed by atoms with Crippen molar-refractivity contribution < 1.29 is 28.2 Å². The van der Waals surface area contributed by atoms with E-state index in [2.05, 4.69) is 20.3 Å². The molecule has 1 aliphatic heterocycles. The van der Waals surface area contributed by atoms with E-state index in [0.717, 1.165) is 5.56 Å². The van der Waals surface area contributed by atoms with Crippen LogP contribution in [0.3, 0.4) is 0 Å². The molecule has 2 aromatic heterocycles. The van der Waals surface area contributed by atoms with Crippen LogP contribution in [-0.2, 0) is 4.74 Å². The number of carbonyl (C=O) groups is 1. The Morgan fingerprint density at radius 1 is 1.14 bits per heavy atom. The average Bonchev–Trinajstić information content (AvgIpc) is 3.24. The minimum Gasteiger partial charge on any atom is -0.474 e. The summed E-state index contributed by atoms with van der Waals surface area (Å²) in [5, 5.41) is 11.5. The quantitative estimate of drug-likeness (QED) is 0.522. The van der Waals surface area contributed by atoms with Crippen LogP contribution in [0.4, 0.5) is 19.5 Å². The van der Waals surface area contributed by atoms with Gasteiger partial charge in [-0.15, -0.1) is 0 Å². The van der Waals surface area contributed by atoms with Crippen LogP contribution in [0.5, 0.6) is 5.88 Å². The van der Waals surface area contributed by atoms with Crippen molar-refractivity contribution in [3.8, 4) is 11.7 Å². The lowest BCUT2D eigenvalue weighted by molar-refractivity contribution is 0.120. The average molecular weight is 503 g/mol. The van der Waals surface area contributed by atoms with E-state index in [1.807, 2.05) is 24.0 Å². The maximum atomic E-state index is 14.1. The van der Waals surface area contributed by atoms with Gasteiger partial charge in [0, 0.05) is 25.2 Å². The number of fused-ring (bicyclic) bond motifs is 1. The Balaban J connectivity index is 1.51. The van der Waals surface area contributed by atoms with Crippen molar-refractivity contribution in [2.24, 2.45) is 0 Å². The summed E-state index contributed by atoms with van der Waals surface area (Å²) in [6.45, 7) is 4.06. The molecule has 2 aliphatic rings. The van der Waals surface area contributed by atoms with E-state index in [0.29, 0.717) is 69.0 Å². The summed E-state index contributed by atoms with van der Waals surface area (Å²) in [5.41, 5.74) is 1.90. The molecular formula is C24H28F2N6O4. The van der Waals surface area contributed by atoms with Crippen molar-refractivity contribution >= 4 is 23.1 Å². The molecule has 1 aliphatic carbocycles. The van der Waals surface area contributed by atoms with Crippen LogP contribution in [0.1, 0.15) is 43.5 Å². The van der Waals surface area contributed by atoms with Crippen molar-refractivity contribution in [1.82, 2.24) is 24.8 Å². The van der Waals surface area contributed by atoms with Crippen molar-refractivity contribution in [3.63, 3.8) is 0 Å². The number of anilines is 1. The summed E-state index contributed by atoms with van der Waals surface area (Å²) >= 11 is 0. The van der Waals surface area contributed by atoms with Crippen LogP contribution < -0.4 is 15.0 Å². The summed E-state index contributed by atoms with van der Waals surface area (Å²) in [7, 11) is 0. The van der Waals surface area contributed by atoms with Gasteiger partial charge < -0.3 is 24.8 Å². The summed E-state index contributed by atoms with van der Waals surface area (Å²) < 4.78 is 41.2. The number of benzene rings is 1. The van der Waals surface area contributed by atoms with Crippen LogP contribution in [0.15, 0.2) is 24.3 Å². The molecule has 0 radical (unpaired) electrons. The summed E-state index contributed by atoms with van der Waals surface area (Å²) in [6.07, 6.45) is -1.43. The van der Waals surface area contributed by atoms with Crippen LogP contribution in [0.2, 0.25) is 0 Å². The highest BCUT2D eigenvalue weighted by molar-refractivity contribution is 5.79. The van der Waals surface area contributed by atoms with Gasteiger partial charge in [0.1, 0.15) is 11.9 Å². The largest absolute Gasteiger partial charge is 0.474 e. The number of carboxylic acid groups (broad SMARTS) is 1. The topological polar surface area (TPSA) is 115 Å². The molecule has 1 saturated heterocycles. The SMILES string of the molecule is Cc1ccc2nc(C(F)F)n(-c3cc(OC4CCC(NC(=O)O)CC4)nc(N4CCOCC4)n3)c2c1. The Bertz CT molecular complexity index is 1240. The van der Waals surface area contributed by atoms with Gasteiger partial charge in [-0.3, -0.25) is 4.57 Å². The molecule has 1 aromatic carbocycles. The second-order valence-corrected chi connectivity index (χ2v) is 9.10. The lowest BCUT2D eigenvalue weighted by Crippen LogP contribution is -2.39. The number of hydrogen-bond acceptors (Lipinski definition) is 7.